The van der Waals surface area contributed by atoms with Gasteiger partial charge in [0, 0.05) is 30.9 Å². The molecule has 0 aromatic heterocycles. The van der Waals surface area contributed by atoms with Crippen molar-refractivity contribution in [3.8, 4) is 0 Å². The number of nitrogens with one attached hydrogen (secondary N) is 1. The molecule has 1 atom stereocenters. The standard InChI is InChI=1S/C27H37N3O/c1-21-14-18-30(19-15-21)26-12-10-24(11-13-26)22(2)28-27(31)25-8-6-23(7-9-25)20-29-16-4-3-5-17-29/h6-13,21-22H,3-5,14-20H2,1-2H3,(H,28,31)/t22-/m1/s1. The molecule has 2 heterocycles. The smallest absolute Gasteiger partial charge is 0.251 e. The van der Waals surface area contributed by atoms with Crippen LogP contribution in [0.1, 0.15) is 73.5 Å². The summed E-state index contributed by atoms with van der Waals surface area (Å²) < 4.78 is 0. The van der Waals surface area contributed by atoms with Gasteiger partial charge in [-0.15, -0.1) is 0 Å². The lowest BCUT2D eigenvalue weighted by atomic mass is 9.98. The van der Waals surface area contributed by atoms with Gasteiger partial charge in [0.05, 0.1) is 6.04 Å². The molecule has 1 N–H and O–H groups in total. The van der Waals surface area contributed by atoms with Crippen LogP contribution in [0.2, 0.25) is 0 Å². The topological polar surface area (TPSA) is 35.6 Å². The summed E-state index contributed by atoms with van der Waals surface area (Å²) in [5.74, 6) is 0.829. The van der Waals surface area contributed by atoms with Gasteiger partial charge in [0.2, 0.25) is 0 Å². The van der Waals surface area contributed by atoms with Crippen molar-refractivity contribution >= 4 is 11.6 Å². The highest BCUT2D eigenvalue weighted by Gasteiger charge is 2.17. The first-order valence-corrected chi connectivity index (χ1v) is 12.1. The highest BCUT2D eigenvalue weighted by Crippen LogP contribution is 2.25. The van der Waals surface area contributed by atoms with Crippen molar-refractivity contribution in [2.24, 2.45) is 5.92 Å². The van der Waals surface area contributed by atoms with Gasteiger partial charge in [-0.05, 0) is 87.0 Å². The van der Waals surface area contributed by atoms with Gasteiger partial charge in [-0.1, -0.05) is 37.6 Å². The molecule has 4 nitrogen and oxygen atoms in total. The van der Waals surface area contributed by atoms with Gasteiger partial charge in [0.25, 0.3) is 5.91 Å². The first-order valence-electron chi connectivity index (χ1n) is 12.1. The summed E-state index contributed by atoms with van der Waals surface area (Å²) in [6, 6.07) is 16.8. The van der Waals surface area contributed by atoms with Crippen LogP contribution in [0.25, 0.3) is 0 Å². The Morgan fingerprint density at radius 1 is 0.935 bits per heavy atom. The zero-order valence-electron chi connectivity index (χ0n) is 19.1. The second kappa shape index (κ2) is 10.3. The maximum Gasteiger partial charge on any atom is 0.251 e. The molecule has 2 aromatic rings. The highest BCUT2D eigenvalue weighted by atomic mass is 16.1. The molecule has 2 aliphatic rings. The third-order valence-electron chi connectivity index (χ3n) is 6.96. The number of hydrogen-bond acceptors (Lipinski definition) is 3. The normalized spacial score (nSPS) is 19.2. The zero-order valence-corrected chi connectivity index (χ0v) is 19.1. The third kappa shape index (κ3) is 5.88. The zero-order chi connectivity index (χ0) is 21.6. The maximum atomic E-state index is 12.7. The fourth-order valence-electron chi connectivity index (χ4n) is 4.74. The molecule has 0 saturated carbocycles. The first-order chi connectivity index (χ1) is 15.1. The van der Waals surface area contributed by atoms with Crippen LogP contribution >= 0.6 is 0 Å². The van der Waals surface area contributed by atoms with E-state index in [1.807, 2.05) is 12.1 Å². The van der Waals surface area contributed by atoms with Crippen molar-refractivity contribution in [3.63, 3.8) is 0 Å². The van der Waals surface area contributed by atoms with E-state index in [4.69, 9.17) is 0 Å². The molecule has 0 bridgehead atoms. The fraction of sp³-hybridized carbons (Fsp3) is 0.519. The van der Waals surface area contributed by atoms with Crippen molar-refractivity contribution in [1.29, 1.82) is 0 Å². The maximum absolute atomic E-state index is 12.7. The number of likely N-dealkylation sites (tertiary alicyclic amines) is 1. The summed E-state index contributed by atoms with van der Waals surface area (Å²) in [6.07, 6.45) is 6.50. The summed E-state index contributed by atoms with van der Waals surface area (Å²) in [5.41, 5.74) is 4.45. The van der Waals surface area contributed by atoms with Crippen LogP contribution in [0.5, 0.6) is 0 Å². The minimum absolute atomic E-state index is 0.00822. The Balaban J connectivity index is 1.30. The molecule has 0 radical (unpaired) electrons. The Morgan fingerprint density at radius 3 is 2.23 bits per heavy atom. The molecule has 2 fully saturated rings. The lowest BCUT2D eigenvalue weighted by molar-refractivity contribution is 0.0940. The first kappa shape index (κ1) is 21.9. The third-order valence-corrected chi connectivity index (χ3v) is 6.96. The minimum atomic E-state index is -0.0176. The SMILES string of the molecule is CC1CCN(c2ccc([C@@H](C)NC(=O)c3ccc(CN4CCCCC4)cc3)cc2)CC1. The van der Waals surface area contributed by atoms with Gasteiger partial charge in [0.1, 0.15) is 0 Å². The molecule has 4 heteroatoms. The van der Waals surface area contributed by atoms with Crippen LogP contribution in [-0.4, -0.2) is 37.0 Å². The van der Waals surface area contributed by atoms with Gasteiger partial charge in [-0.3, -0.25) is 9.69 Å². The molecule has 0 aliphatic carbocycles. The van der Waals surface area contributed by atoms with Gasteiger partial charge in [0.15, 0.2) is 0 Å². The Hall–Kier alpha value is -2.33. The summed E-state index contributed by atoms with van der Waals surface area (Å²) in [6.45, 7) is 10.0. The van der Waals surface area contributed by atoms with E-state index >= 15 is 0 Å². The number of piperidine rings is 2. The van der Waals surface area contributed by atoms with Crippen molar-refractivity contribution in [3.05, 3.63) is 65.2 Å². The van der Waals surface area contributed by atoms with E-state index in [0.717, 1.165) is 36.7 Å². The molecule has 31 heavy (non-hydrogen) atoms. The van der Waals surface area contributed by atoms with Crippen LogP contribution in [0.4, 0.5) is 5.69 Å². The molecule has 0 unspecified atom stereocenters. The molecule has 2 saturated heterocycles. The van der Waals surface area contributed by atoms with E-state index < -0.39 is 0 Å². The Labute approximate surface area is 187 Å². The van der Waals surface area contributed by atoms with Crippen LogP contribution in [0.3, 0.4) is 0 Å². The van der Waals surface area contributed by atoms with E-state index in [9.17, 15) is 4.79 Å². The number of rotatable bonds is 6. The Kier molecular flexibility index (Phi) is 7.29. The van der Waals surface area contributed by atoms with E-state index in [2.05, 4.69) is 65.4 Å². The number of carbonyl (C=O) groups excluding carboxylic acids is 1. The molecular weight excluding hydrogens is 382 g/mol. The summed E-state index contributed by atoms with van der Waals surface area (Å²) in [4.78, 5) is 17.7. The summed E-state index contributed by atoms with van der Waals surface area (Å²) >= 11 is 0. The van der Waals surface area contributed by atoms with E-state index in [1.54, 1.807) is 0 Å². The quantitative estimate of drug-likeness (QED) is 0.681. The van der Waals surface area contributed by atoms with Crippen LogP contribution < -0.4 is 10.2 Å². The predicted octanol–water partition coefficient (Wildman–Crippen LogP) is 5.40. The van der Waals surface area contributed by atoms with Gasteiger partial charge in [-0.2, -0.15) is 0 Å². The predicted molar refractivity (Wildman–Crippen MR) is 129 cm³/mol. The number of hydrogen-bond donors (Lipinski definition) is 1. The van der Waals surface area contributed by atoms with Crippen molar-refractivity contribution in [2.45, 2.75) is 58.5 Å². The average Bonchev–Trinajstić information content (AvgIpc) is 2.81. The monoisotopic (exact) mass is 419 g/mol. The summed E-state index contributed by atoms with van der Waals surface area (Å²) in [7, 11) is 0. The number of benzene rings is 2. The van der Waals surface area contributed by atoms with E-state index in [-0.39, 0.29) is 11.9 Å². The van der Waals surface area contributed by atoms with E-state index in [1.165, 1.54) is 56.4 Å². The number of anilines is 1. The van der Waals surface area contributed by atoms with Crippen molar-refractivity contribution in [1.82, 2.24) is 10.2 Å². The van der Waals surface area contributed by atoms with Crippen LogP contribution in [0.15, 0.2) is 48.5 Å². The van der Waals surface area contributed by atoms with Gasteiger partial charge in [-0.25, -0.2) is 0 Å². The Morgan fingerprint density at radius 2 is 1.58 bits per heavy atom. The van der Waals surface area contributed by atoms with Crippen molar-refractivity contribution < 1.29 is 4.79 Å². The van der Waals surface area contributed by atoms with Crippen LogP contribution in [-0.2, 0) is 6.54 Å². The molecule has 166 valence electrons. The van der Waals surface area contributed by atoms with Gasteiger partial charge < -0.3 is 10.2 Å². The molecule has 0 spiro atoms. The van der Waals surface area contributed by atoms with E-state index in [0.29, 0.717) is 0 Å². The number of nitrogens with zero attached hydrogens (tertiary/aromatic N) is 2. The molecule has 1 amide bonds. The van der Waals surface area contributed by atoms with Crippen molar-refractivity contribution in [2.75, 3.05) is 31.1 Å². The van der Waals surface area contributed by atoms with Gasteiger partial charge >= 0.3 is 0 Å². The minimum Gasteiger partial charge on any atom is -0.372 e. The largest absolute Gasteiger partial charge is 0.372 e. The van der Waals surface area contributed by atoms with Crippen LogP contribution in [0, 0.1) is 5.92 Å². The highest BCUT2D eigenvalue weighted by molar-refractivity contribution is 5.94. The number of amides is 1. The molecule has 4 rings (SSSR count). The molecule has 2 aromatic carbocycles. The molecule has 2 aliphatic heterocycles. The Bertz CT molecular complexity index is 832. The lowest BCUT2D eigenvalue weighted by Crippen LogP contribution is -2.32. The number of carbonyl (C=O) groups is 1. The lowest BCUT2D eigenvalue weighted by Gasteiger charge is -2.32. The average molecular weight is 420 g/mol. The molecular formula is C27H37N3O. The second-order valence-electron chi connectivity index (χ2n) is 9.49. The second-order valence-corrected chi connectivity index (χ2v) is 9.49. The summed E-state index contributed by atoms with van der Waals surface area (Å²) in [5, 5.41) is 3.16. The fourth-order valence-corrected chi connectivity index (χ4v) is 4.74.